The molecule has 0 aliphatic heterocycles. The lowest BCUT2D eigenvalue weighted by molar-refractivity contribution is 0.337. The number of aryl methyl sites for hydroxylation is 2. The van der Waals surface area contributed by atoms with Crippen LogP contribution in [0.15, 0.2) is 82.8 Å². The van der Waals surface area contributed by atoms with Crippen LogP contribution >= 0.6 is 0 Å². The minimum absolute atomic E-state index is 0.106. The summed E-state index contributed by atoms with van der Waals surface area (Å²) in [6.07, 6.45) is 2.54. The van der Waals surface area contributed by atoms with E-state index in [-0.39, 0.29) is 4.90 Å². The molecule has 0 fully saturated rings. The molecule has 28 heavy (non-hydrogen) atoms. The molecule has 1 aliphatic rings. The van der Waals surface area contributed by atoms with Gasteiger partial charge in [-0.3, -0.25) is 4.28 Å². The van der Waals surface area contributed by atoms with Crippen LogP contribution in [-0.2, 0) is 20.8 Å². The summed E-state index contributed by atoms with van der Waals surface area (Å²) >= 11 is 0. The molecule has 4 nitrogen and oxygen atoms in total. The van der Waals surface area contributed by atoms with Crippen LogP contribution in [-0.4, -0.2) is 14.1 Å². The topological polar surface area (TPSA) is 55.7 Å². The maximum absolute atomic E-state index is 12.5. The third kappa shape index (κ3) is 3.71. The summed E-state index contributed by atoms with van der Waals surface area (Å²) in [4.78, 5) is 0.106. The van der Waals surface area contributed by atoms with Crippen LogP contribution < -0.4 is 0 Å². The minimum atomic E-state index is -3.94. The highest BCUT2D eigenvalue weighted by molar-refractivity contribution is 7.86. The van der Waals surface area contributed by atoms with Gasteiger partial charge >= 0.3 is 10.1 Å². The Morgan fingerprint density at radius 1 is 0.857 bits per heavy atom. The Hall–Kier alpha value is -2.92. The van der Waals surface area contributed by atoms with Gasteiger partial charge in [0.2, 0.25) is 0 Å². The fraction of sp³-hybridized carbons (Fsp3) is 0.174. The molecule has 0 unspecified atom stereocenters. The molecule has 0 saturated carbocycles. The second-order valence-electron chi connectivity index (χ2n) is 6.94. The predicted molar refractivity (Wildman–Crippen MR) is 111 cm³/mol. The van der Waals surface area contributed by atoms with Crippen LogP contribution in [0.25, 0.3) is 11.1 Å². The molecular weight excluding hydrogens is 370 g/mol. The molecule has 0 atom stereocenters. The van der Waals surface area contributed by atoms with E-state index in [1.54, 1.807) is 12.1 Å². The third-order valence-corrected chi connectivity index (χ3v) is 6.06. The normalized spacial score (nSPS) is 15.2. The van der Waals surface area contributed by atoms with Crippen molar-refractivity contribution in [3.8, 4) is 11.1 Å². The minimum Gasteiger partial charge on any atom is -0.264 e. The first-order valence-corrected chi connectivity index (χ1v) is 10.7. The number of rotatable bonds is 4. The summed E-state index contributed by atoms with van der Waals surface area (Å²) < 4.78 is 30.2. The van der Waals surface area contributed by atoms with Crippen molar-refractivity contribution in [1.29, 1.82) is 0 Å². The van der Waals surface area contributed by atoms with E-state index >= 15 is 0 Å². The van der Waals surface area contributed by atoms with Crippen molar-refractivity contribution >= 4 is 15.8 Å². The second kappa shape index (κ2) is 7.60. The molecule has 0 radical (unpaired) electrons. The zero-order valence-electron chi connectivity index (χ0n) is 15.6. The van der Waals surface area contributed by atoms with Gasteiger partial charge in [0.05, 0.1) is 5.71 Å². The lowest BCUT2D eigenvalue weighted by Crippen LogP contribution is -2.15. The zero-order chi connectivity index (χ0) is 19.6. The van der Waals surface area contributed by atoms with Crippen molar-refractivity contribution in [3.05, 3.63) is 89.5 Å². The van der Waals surface area contributed by atoms with E-state index in [0.717, 1.165) is 35.1 Å². The van der Waals surface area contributed by atoms with Crippen molar-refractivity contribution in [2.75, 3.05) is 0 Å². The monoisotopic (exact) mass is 391 g/mol. The quantitative estimate of drug-likeness (QED) is 0.581. The highest BCUT2D eigenvalue weighted by Crippen LogP contribution is 2.32. The predicted octanol–water partition coefficient (Wildman–Crippen LogP) is 5.11. The van der Waals surface area contributed by atoms with Gasteiger partial charge in [-0.05, 0) is 55.0 Å². The van der Waals surface area contributed by atoms with Gasteiger partial charge in [0, 0.05) is 5.56 Å². The standard InChI is InChI=1S/C23H21NO3S/c1-17-13-15-20(16-14-17)28(25,26)27-24-22-12-6-10-19-9-5-11-21(23(19)22)18-7-3-2-4-8-18/h2-5,7-9,11,13-16H,6,10,12H2,1H3/b24-22+. The maximum atomic E-state index is 12.5. The van der Waals surface area contributed by atoms with Gasteiger partial charge in [0.15, 0.2) is 0 Å². The Kier molecular flexibility index (Phi) is 5.01. The molecule has 0 saturated heterocycles. The van der Waals surface area contributed by atoms with E-state index in [1.807, 2.05) is 49.4 Å². The molecule has 0 spiro atoms. The second-order valence-corrected chi connectivity index (χ2v) is 8.47. The summed E-state index contributed by atoms with van der Waals surface area (Å²) in [6, 6.07) is 22.8. The summed E-state index contributed by atoms with van der Waals surface area (Å²) in [6.45, 7) is 1.90. The molecule has 3 aromatic carbocycles. The number of hydrogen-bond acceptors (Lipinski definition) is 4. The third-order valence-electron chi connectivity index (χ3n) is 4.94. The molecule has 0 N–H and O–H groups in total. The Bertz CT molecular complexity index is 1120. The lowest BCUT2D eigenvalue weighted by Gasteiger charge is -2.21. The summed E-state index contributed by atoms with van der Waals surface area (Å²) in [5.41, 5.74) is 5.94. The smallest absolute Gasteiger partial charge is 0.264 e. The van der Waals surface area contributed by atoms with E-state index in [2.05, 4.69) is 11.2 Å². The van der Waals surface area contributed by atoms with Gasteiger partial charge < -0.3 is 0 Å². The van der Waals surface area contributed by atoms with Gasteiger partial charge in [0.1, 0.15) is 4.90 Å². The van der Waals surface area contributed by atoms with Crippen LogP contribution in [0.1, 0.15) is 29.5 Å². The van der Waals surface area contributed by atoms with Crippen molar-refractivity contribution in [1.82, 2.24) is 0 Å². The van der Waals surface area contributed by atoms with Crippen molar-refractivity contribution in [2.24, 2.45) is 5.16 Å². The molecule has 0 bridgehead atoms. The highest BCUT2D eigenvalue weighted by atomic mass is 32.2. The average Bonchev–Trinajstić information content (AvgIpc) is 2.73. The molecule has 3 aromatic rings. The Labute approximate surface area is 165 Å². The molecule has 5 heteroatoms. The van der Waals surface area contributed by atoms with Gasteiger partial charge in [0.25, 0.3) is 0 Å². The average molecular weight is 391 g/mol. The fourth-order valence-corrected chi connectivity index (χ4v) is 4.26. The van der Waals surface area contributed by atoms with Crippen LogP contribution in [0.2, 0.25) is 0 Å². The van der Waals surface area contributed by atoms with Gasteiger partial charge in [-0.2, -0.15) is 8.42 Å². The van der Waals surface area contributed by atoms with Crippen LogP contribution in [0, 0.1) is 6.92 Å². The van der Waals surface area contributed by atoms with Crippen molar-refractivity contribution in [2.45, 2.75) is 31.1 Å². The fourth-order valence-electron chi connectivity index (χ4n) is 3.51. The SMILES string of the molecule is Cc1ccc(S(=O)(=O)O/N=C2\CCCc3cccc(-c4ccccc4)c32)cc1. The van der Waals surface area contributed by atoms with E-state index < -0.39 is 10.1 Å². The molecule has 1 aliphatic carbocycles. The number of nitrogens with zero attached hydrogens (tertiary/aromatic N) is 1. The van der Waals surface area contributed by atoms with E-state index in [9.17, 15) is 8.42 Å². The maximum Gasteiger partial charge on any atom is 0.358 e. The van der Waals surface area contributed by atoms with Gasteiger partial charge in [-0.15, -0.1) is 0 Å². The first-order chi connectivity index (χ1) is 13.5. The number of oxime groups is 1. The molecule has 4 rings (SSSR count). The molecule has 0 heterocycles. The largest absolute Gasteiger partial charge is 0.358 e. The van der Waals surface area contributed by atoms with E-state index in [1.165, 1.54) is 17.7 Å². The van der Waals surface area contributed by atoms with E-state index in [0.29, 0.717) is 12.1 Å². The van der Waals surface area contributed by atoms with E-state index in [4.69, 9.17) is 4.28 Å². The van der Waals surface area contributed by atoms with Crippen molar-refractivity contribution in [3.63, 3.8) is 0 Å². The first-order valence-electron chi connectivity index (χ1n) is 9.29. The molecule has 142 valence electrons. The van der Waals surface area contributed by atoms with Crippen LogP contribution in [0.3, 0.4) is 0 Å². The van der Waals surface area contributed by atoms with Gasteiger partial charge in [-0.25, -0.2) is 0 Å². The summed E-state index contributed by atoms with van der Waals surface area (Å²) in [5, 5.41) is 4.11. The van der Waals surface area contributed by atoms with Crippen LogP contribution in [0.5, 0.6) is 0 Å². The van der Waals surface area contributed by atoms with Crippen LogP contribution in [0.4, 0.5) is 0 Å². The first kappa shape index (κ1) is 18.4. The Balaban J connectivity index is 1.72. The Morgan fingerprint density at radius 3 is 2.36 bits per heavy atom. The lowest BCUT2D eigenvalue weighted by atomic mass is 9.84. The molecular formula is C23H21NO3S. The summed E-state index contributed by atoms with van der Waals surface area (Å²) in [5.74, 6) is 0. The molecule has 0 amide bonds. The summed E-state index contributed by atoms with van der Waals surface area (Å²) in [7, 11) is -3.94. The van der Waals surface area contributed by atoms with Crippen molar-refractivity contribution < 1.29 is 12.7 Å². The Morgan fingerprint density at radius 2 is 1.61 bits per heavy atom. The zero-order valence-corrected chi connectivity index (χ0v) is 16.4. The number of hydrogen-bond donors (Lipinski definition) is 0. The number of benzene rings is 3. The molecule has 0 aromatic heterocycles. The highest BCUT2D eigenvalue weighted by Gasteiger charge is 2.22. The van der Waals surface area contributed by atoms with Gasteiger partial charge in [-0.1, -0.05) is 71.4 Å². The number of fused-ring (bicyclic) bond motifs is 1.